The summed E-state index contributed by atoms with van der Waals surface area (Å²) in [6.45, 7) is 13.5. The number of hydrogen-bond acceptors (Lipinski definition) is 4. The lowest BCUT2D eigenvalue weighted by molar-refractivity contribution is -0.137. The van der Waals surface area contributed by atoms with Gasteiger partial charge in [-0.1, -0.05) is 32.1 Å². The Morgan fingerprint density at radius 3 is 2.13 bits per heavy atom. The van der Waals surface area contributed by atoms with E-state index in [2.05, 4.69) is 35.3 Å². The van der Waals surface area contributed by atoms with Crippen LogP contribution in [0.25, 0.3) is 0 Å². The summed E-state index contributed by atoms with van der Waals surface area (Å²) in [4.78, 5) is 16.5. The van der Waals surface area contributed by atoms with E-state index < -0.39 is 23.6 Å². The lowest BCUT2D eigenvalue weighted by Gasteiger charge is -2.42. The van der Waals surface area contributed by atoms with Crippen LogP contribution in [0.5, 0.6) is 0 Å². The normalized spacial score (nSPS) is 25.7. The topological polar surface area (TPSA) is 41.9 Å². The first-order chi connectivity index (χ1) is 22.2. The maximum Gasteiger partial charge on any atom is 0.416 e. The number of aryl methyl sites for hydroxylation is 1. The van der Waals surface area contributed by atoms with Crippen molar-refractivity contribution in [3.63, 3.8) is 0 Å². The molecule has 252 valence electrons. The van der Waals surface area contributed by atoms with E-state index in [0.717, 1.165) is 47.4 Å². The van der Waals surface area contributed by atoms with E-state index in [1.807, 2.05) is 13.0 Å². The molecule has 0 spiro atoms. The summed E-state index contributed by atoms with van der Waals surface area (Å²) in [5, 5.41) is 0. The number of piperidine rings is 1. The summed E-state index contributed by atoms with van der Waals surface area (Å²) < 4.78 is 72.9. The van der Waals surface area contributed by atoms with E-state index in [1.54, 1.807) is 19.3 Å². The summed E-state index contributed by atoms with van der Waals surface area (Å²) >= 11 is 0. The van der Waals surface area contributed by atoms with Crippen molar-refractivity contribution in [3.8, 4) is 0 Å². The molecule has 47 heavy (non-hydrogen) atoms. The Hall–Kier alpha value is -3.36. The summed E-state index contributed by atoms with van der Waals surface area (Å²) in [6.07, 6.45) is 4.20. The molecule has 3 heterocycles. The van der Waals surface area contributed by atoms with E-state index in [-0.39, 0.29) is 28.7 Å². The van der Waals surface area contributed by atoms with Crippen molar-refractivity contribution in [2.45, 2.75) is 115 Å². The number of allylic oxidation sites excluding steroid dienone is 1. The lowest BCUT2D eigenvalue weighted by atomic mass is 9.65. The van der Waals surface area contributed by atoms with Crippen LogP contribution >= 0.6 is 0 Å². The van der Waals surface area contributed by atoms with Gasteiger partial charge in [-0.25, -0.2) is 18.7 Å². The molecule has 2 fully saturated rings. The molecular weight excluding hydrogens is 607 g/mol. The predicted octanol–water partition coefficient (Wildman–Crippen LogP) is 10.3. The number of hydrogen-bond donors (Lipinski definition) is 0. The van der Waals surface area contributed by atoms with Gasteiger partial charge in [-0.2, -0.15) is 13.2 Å². The molecule has 2 aromatic heterocycles. The van der Waals surface area contributed by atoms with Crippen LogP contribution in [0.1, 0.15) is 134 Å². The minimum Gasteiger partial charge on any atom is -0.341 e. The van der Waals surface area contributed by atoms with Crippen molar-refractivity contribution in [1.29, 1.82) is 0 Å². The van der Waals surface area contributed by atoms with Crippen LogP contribution in [-0.4, -0.2) is 33.7 Å². The van der Waals surface area contributed by atoms with E-state index in [0.29, 0.717) is 68.8 Å². The number of rotatable bonds is 6. The van der Waals surface area contributed by atoms with Gasteiger partial charge in [0.2, 0.25) is 5.95 Å². The Morgan fingerprint density at radius 1 is 0.936 bits per heavy atom. The van der Waals surface area contributed by atoms with Crippen LogP contribution in [0, 0.1) is 12.3 Å². The highest BCUT2D eigenvalue weighted by Gasteiger charge is 2.42. The van der Waals surface area contributed by atoms with Gasteiger partial charge in [0.1, 0.15) is 5.67 Å². The number of pyridine rings is 1. The van der Waals surface area contributed by atoms with Crippen molar-refractivity contribution in [1.82, 2.24) is 15.0 Å². The molecule has 1 saturated heterocycles. The summed E-state index contributed by atoms with van der Waals surface area (Å²) in [7, 11) is 0. The number of aromatic nitrogens is 3. The zero-order chi connectivity index (χ0) is 33.7. The van der Waals surface area contributed by atoms with Gasteiger partial charge in [-0.3, -0.25) is 4.98 Å². The Bertz CT molecular complexity index is 1580. The molecule has 0 radical (unpaired) electrons. The summed E-state index contributed by atoms with van der Waals surface area (Å²) in [5.74, 6) is 0.462. The monoisotopic (exact) mass is 652 g/mol. The van der Waals surface area contributed by atoms with Crippen LogP contribution in [0.15, 0.2) is 49.3 Å². The fourth-order valence-corrected chi connectivity index (χ4v) is 8.11. The Kier molecular flexibility index (Phi) is 8.98. The third-order valence-corrected chi connectivity index (χ3v) is 10.6. The molecular formula is C38H45F5N4. The van der Waals surface area contributed by atoms with Crippen molar-refractivity contribution in [2.75, 3.05) is 18.0 Å². The van der Waals surface area contributed by atoms with Gasteiger partial charge in [0.15, 0.2) is 6.17 Å². The van der Waals surface area contributed by atoms with Gasteiger partial charge in [-0.05, 0) is 111 Å². The number of benzene rings is 1. The maximum atomic E-state index is 17.4. The number of fused-ring (bicyclic) bond motifs is 1. The highest BCUT2D eigenvalue weighted by molar-refractivity contribution is 5.53. The van der Waals surface area contributed by atoms with Crippen LogP contribution in [0.3, 0.4) is 0 Å². The number of alkyl halides is 5. The largest absolute Gasteiger partial charge is 0.416 e. The average Bonchev–Trinajstić information content (AvgIpc) is 3.03. The quantitative estimate of drug-likeness (QED) is 0.196. The third-order valence-electron chi connectivity index (χ3n) is 10.6. The standard InChI is InChI=1S/C38H45F5N4/c1-6-24-19-36(3,4)20-29-30(24)31(25-11-15-37(5,40)16-12-25)32(33(39)26-7-9-28(10-8-26)38(41,42)43)34(46-29)27-13-17-47(18-14-27)35-44-21-23(2)22-45-35/h6-10,21-22,24-25,27,33H,1,11-20H2,2-5H3. The highest BCUT2D eigenvalue weighted by Crippen LogP contribution is 2.53. The molecule has 0 amide bonds. The van der Waals surface area contributed by atoms with E-state index in [1.165, 1.54) is 12.1 Å². The third kappa shape index (κ3) is 6.95. The van der Waals surface area contributed by atoms with Crippen LogP contribution in [0.2, 0.25) is 0 Å². The van der Waals surface area contributed by atoms with Crippen molar-refractivity contribution < 1.29 is 22.0 Å². The van der Waals surface area contributed by atoms with Gasteiger partial charge in [0.05, 0.1) is 11.3 Å². The average molecular weight is 653 g/mol. The molecule has 1 saturated carbocycles. The second kappa shape index (κ2) is 12.6. The second-order valence-electron chi connectivity index (χ2n) is 15.1. The fourth-order valence-electron chi connectivity index (χ4n) is 8.11. The van der Waals surface area contributed by atoms with Gasteiger partial charge in [0.25, 0.3) is 0 Å². The molecule has 2 aliphatic carbocycles. The fraction of sp³-hybridized carbons (Fsp3) is 0.553. The molecule has 1 aliphatic heterocycles. The summed E-state index contributed by atoms with van der Waals surface area (Å²) in [6, 6.07) is 4.42. The number of halogens is 5. The molecule has 2 atom stereocenters. The Balaban J connectivity index is 1.50. The highest BCUT2D eigenvalue weighted by atomic mass is 19.4. The first kappa shape index (κ1) is 33.5. The maximum absolute atomic E-state index is 17.4. The van der Waals surface area contributed by atoms with Crippen molar-refractivity contribution >= 4 is 5.95 Å². The number of anilines is 1. The van der Waals surface area contributed by atoms with Gasteiger partial charge in [-0.15, -0.1) is 6.58 Å². The van der Waals surface area contributed by atoms with Crippen molar-refractivity contribution in [2.24, 2.45) is 5.41 Å². The second-order valence-corrected chi connectivity index (χ2v) is 15.1. The smallest absolute Gasteiger partial charge is 0.341 e. The zero-order valence-corrected chi connectivity index (χ0v) is 27.8. The minimum absolute atomic E-state index is 0.0479. The Labute approximate surface area is 274 Å². The molecule has 6 rings (SSSR count). The zero-order valence-electron chi connectivity index (χ0n) is 27.8. The molecule has 0 N–H and O–H groups in total. The first-order valence-electron chi connectivity index (χ1n) is 16.9. The van der Waals surface area contributed by atoms with Gasteiger partial charge >= 0.3 is 6.18 Å². The van der Waals surface area contributed by atoms with Crippen molar-refractivity contribution in [3.05, 3.63) is 94.1 Å². The van der Waals surface area contributed by atoms with E-state index >= 15 is 8.78 Å². The predicted molar refractivity (Wildman–Crippen MR) is 175 cm³/mol. The molecule has 9 heteroatoms. The van der Waals surface area contributed by atoms with Crippen LogP contribution < -0.4 is 4.90 Å². The van der Waals surface area contributed by atoms with Gasteiger partial charge in [0, 0.05) is 48.6 Å². The van der Waals surface area contributed by atoms with Crippen LogP contribution in [-0.2, 0) is 12.6 Å². The minimum atomic E-state index is -4.52. The SMILES string of the molecule is C=CC1CC(C)(C)Cc2nc(C3CCN(c4ncc(C)cn4)CC3)c(C(F)c3ccc(C(F)(F)F)cc3)c(C3CCC(C)(F)CC3)c21. The molecule has 1 aromatic carbocycles. The molecule has 2 unspecified atom stereocenters. The van der Waals surface area contributed by atoms with E-state index in [4.69, 9.17) is 4.98 Å². The Morgan fingerprint density at radius 2 is 1.55 bits per heavy atom. The van der Waals surface area contributed by atoms with Crippen LogP contribution in [0.4, 0.5) is 27.9 Å². The molecule has 3 aromatic rings. The lowest BCUT2D eigenvalue weighted by Crippen LogP contribution is -2.36. The molecule has 4 nitrogen and oxygen atoms in total. The van der Waals surface area contributed by atoms with Gasteiger partial charge < -0.3 is 4.90 Å². The molecule has 3 aliphatic rings. The molecule has 0 bridgehead atoms. The van der Waals surface area contributed by atoms with E-state index in [9.17, 15) is 13.2 Å². The first-order valence-corrected chi connectivity index (χ1v) is 16.9. The summed E-state index contributed by atoms with van der Waals surface area (Å²) in [5.41, 5.74) is 3.05. The number of nitrogens with zero attached hydrogens (tertiary/aromatic N) is 4.